The summed E-state index contributed by atoms with van der Waals surface area (Å²) in [6.07, 6.45) is 0. The van der Waals surface area contributed by atoms with Crippen LogP contribution in [-0.2, 0) is 13.1 Å². The van der Waals surface area contributed by atoms with E-state index < -0.39 is 0 Å². The largest absolute Gasteiger partial charge is 0.340 e. The summed E-state index contributed by atoms with van der Waals surface area (Å²) in [5, 5.41) is 4.92. The number of aryl methyl sites for hydroxylation is 1. The number of benzene rings is 2. The van der Waals surface area contributed by atoms with E-state index in [1.807, 2.05) is 0 Å². The van der Waals surface area contributed by atoms with Crippen molar-refractivity contribution in [3.8, 4) is 0 Å². The molecule has 0 radical (unpaired) electrons. The number of nitrogens with one attached hydrogen (secondary N) is 1. The van der Waals surface area contributed by atoms with E-state index in [4.69, 9.17) is 0 Å². The van der Waals surface area contributed by atoms with E-state index in [0.29, 0.717) is 5.92 Å². The second-order valence-corrected chi connectivity index (χ2v) is 7.16. The molecule has 0 saturated carbocycles. The van der Waals surface area contributed by atoms with Crippen LogP contribution < -0.4 is 5.32 Å². The van der Waals surface area contributed by atoms with Crippen LogP contribution in [0.5, 0.6) is 0 Å². The van der Waals surface area contributed by atoms with Crippen molar-refractivity contribution in [2.24, 2.45) is 5.92 Å². The molecule has 0 atom stereocenters. The highest BCUT2D eigenvalue weighted by Gasteiger charge is 2.11. The van der Waals surface area contributed by atoms with Gasteiger partial charge < -0.3 is 9.88 Å². The molecule has 1 heterocycles. The van der Waals surface area contributed by atoms with Gasteiger partial charge in [-0.05, 0) is 55.1 Å². The average Bonchev–Trinajstić information content (AvgIpc) is 2.80. The predicted molar refractivity (Wildman–Crippen MR) is 104 cm³/mol. The normalized spacial score (nSPS) is 11.5. The monoisotopic (exact) mass is 320 g/mol. The summed E-state index contributed by atoms with van der Waals surface area (Å²) in [6.45, 7) is 11.9. The van der Waals surface area contributed by atoms with Crippen LogP contribution in [-0.4, -0.2) is 11.1 Å². The van der Waals surface area contributed by atoms with E-state index in [0.717, 1.165) is 19.6 Å². The molecule has 2 nitrogen and oxygen atoms in total. The molecule has 2 heteroatoms. The number of nitrogens with zero attached hydrogens (tertiary/aromatic N) is 1. The smallest absolute Gasteiger partial charge is 0.0488 e. The molecule has 0 amide bonds. The summed E-state index contributed by atoms with van der Waals surface area (Å²) in [7, 11) is 0. The van der Waals surface area contributed by atoms with Crippen LogP contribution in [0.3, 0.4) is 0 Å². The zero-order valence-corrected chi connectivity index (χ0v) is 15.3. The van der Waals surface area contributed by atoms with Crippen LogP contribution in [0.25, 0.3) is 10.9 Å². The third-order valence-corrected chi connectivity index (χ3v) is 4.77. The van der Waals surface area contributed by atoms with Crippen LogP contribution in [0, 0.1) is 19.8 Å². The summed E-state index contributed by atoms with van der Waals surface area (Å²) in [5.74, 6) is 0.685. The Morgan fingerprint density at radius 1 is 0.958 bits per heavy atom. The molecule has 0 aliphatic rings. The molecule has 0 spiro atoms. The molecule has 0 fully saturated rings. The molecule has 2 aromatic carbocycles. The van der Waals surface area contributed by atoms with Crippen molar-refractivity contribution in [2.75, 3.05) is 6.54 Å². The Bertz CT molecular complexity index is 813. The van der Waals surface area contributed by atoms with Crippen molar-refractivity contribution in [1.29, 1.82) is 0 Å². The number of hydrogen-bond donors (Lipinski definition) is 1. The van der Waals surface area contributed by atoms with Crippen molar-refractivity contribution in [2.45, 2.75) is 40.8 Å². The minimum atomic E-state index is 0.685. The van der Waals surface area contributed by atoms with Crippen molar-refractivity contribution in [3.05, 3.63) is 70.9 Å². The van der Waals surface area contributed by atoms with Gasteiger partial charge in [-0.3, -0.25) is 0 Å². The minimum absolute atomic E-state index is 0.685. The quantitative estimate of drug-likeness (QED) is 0.672. The van der Waals surface area contributed by atoms with Crippen molar-refractivity contribution in [1.82, 2.24) is 9.88 Å². The van der Waals surface area contributed by atoms with Crippen molar-refractivity contribution < 1.29 is 0 Å². The topological polar surface area (TPSA) is 17.0 Å². The first-order chi connectivity index (χ1) is 11.6. The van der Waals surface area contributed by atoms with Gasteiger partial charge in [0, 0.05) is 29.7 Å². The third kappa shape index (κ3) is 3.54. The van der Waals surface area contributed by atoms with E-state index in [2.05, 4.69) is 86.1 Å². The molecule has 1 aromatic heterocycles. The zero-order valence-electron chi connectivity index (χ0n) is 15.3. The van der Waals surface area contributed by atoms with Gasteiger partial charge >= 0.3 is 0 Å². The van der Waals surface area contributed by atoms with E-state index >= 15 is 0 Å². The molecule has 24 heavy (non-hydrogen) atoms. The van der Waals surface area contributed by atoms with Crippen LogP contribution in [0.1, 0.15) is 36.2 Å². The number of rotatable bonds is 6. The lowest BCUT2D eigenvalue weighted by atomic mass is 10.1. The highest BCUT2D eigenvalue weighted by Crippen LogP contribution is 2.27. The molecule has 126 valence electrons. The first-order valence-corrected chi connectivity index (χ1v) is 8.89. The Morgan fingerprint density at radius 2 is 1.71 bits per heavy atom. The zero-order chi connectivity index (χ0) is 17.1. The Hall–Kier alpha value is -2.06. The fraction of sp³-hybridized carbons (Fsp3) is 0.364. The van der Waals surface area contributed by atoms with E-state index in [1.54, 1.807) is 0 Å². The average molecular weight is 320 g/mol. The summed E-state index contributed by atoms with van der Waals surface area (Å²) >= 11 is 0. The third-order valence-electron chi connectivity index (χ3n) is 4.77. The van der Waals surface area contributed by atoms with Gasteiger partial charge in [0.25, 0.3) is 0 Å². The Labute approximate surface area is 145 Å². The molecule has 1 N–H and O–H groups in total. The van der Waals surface area contributed by atoms with Gasteiger partial charge in [0.2, 0.25) is 0 Å². The maximum Gasteiger partial charge on any atom is 0.0488 e. The van der Waals surface area contributed by atoms with Gasteiger partial charge in [-0.25, -0.2) is 0 Å². The molecule has 0 aliphatic carbocycles. The lowest BCUT2D eigenvalue weighted by Gasteiger charge is -2.10. The molecule has 0 saturated heterocycles. The second-order valence-electron chi connectivity index (χ2n) is 7.16. The van der Waals surface area contributed by atoms with E-state index in [1.165, 1.54) is 33.3 Å². The summed E-state index contributed by atoms with van der Waals surface area (Å²) in [5.41, 5.74) is 6.80. The molecule has 3 aromatic rings. The van der Waals surface area contributed by atoms with Crippen molar-refractivity contribution in [3.63, 3.8) is 0 Å². The standard InChI is InChI=1S/C22H28N2/c1-16(2)13-23-14-20-10-11-22-21(12-20)17(3)18(4)24(22)15-19-8-6-5-7-9-19/h5-12,16,23H,13-15H2,1-4H3. The highest BCUT2D eigenvalue weighted by atomic mass is 15.0. The van der Waals surface area contributed by atoms with Crippen LogP contribution in [0.4, 0.5) is 0 Å². The predicted octanol–water partition coefficient (Wildman–Crippen LogP) is 5.05. The molecule has 0 bridgehead atoms. The van der Waals surface area contributed by atoms with E-state index in [-0.39, 0.29) is 0 Å². The minimum Gasteiger partial charge on any atom is -0.340 e. The molecule has 3 rings (SSSR count). The Morgan fingerprint density at radius 3 is 2.42 bits per heavy atom. The van der Waals surface area contributed by atoms with Gasteiger partial charge in [-0.1, -0.05) is 50.2 Å². The van der Waals surface area contributed by atoms with Gasteiger partial charge in [0.15, 0.2) is 0 Å². The summed E-state index contributed by atoms with van der Waals surface area (Å²) < 4.78 is 2.44. The molecular weight excluding hydrogens is 292 g/mol. The lowest BCUT2D eigenvalue weighted by Crippen LogP contribution is -2.18. The first kappa shape index (κ1) is 16.8. The van der Waals surface area contributed by atoms with Gasteiger partial charge in [0.05, 0.1) is 0 Å². The Balaban J connectivity index is 1.90. The van der Waals surface area contributed by atoms with Gasteiger partial charge in [-0.2, -0.15) is 0 Å². The summed E-state index contributed by atoms with van der Waals surface area (Å²) in [4.78, 5) is 0. The molecule has 0 unspecified atom stereocenters. The highest BCUT2D eigenvalue weighted by molar-refractivity contribution is 5.86. The number of hydrogen-bond acceptors (Lipinski definition) is 1. The van der Waals surface area contributed by atoms with Crippen LogP contribution in [0.15, 0.2) is 48.5 Å². The molecule has 0 aliphatic heterocycles. The SMILES string of the molecule is Cc1c(C)n(Cc2ccccc2)c2ccc(CNCC(C)C)cc12. The number of aromatic nitrogens is 1. The van der Waals surface area contributed by atoms with Crippen molar-refractivity contribution >= 4 is 10.9 Å². The summed E-state index contributed by atoms with van der Waals surface area (Å²) in [6, 6.07) is 17.6. The fourth-order valence-corrected chi connectivity index (χ4v) is 3.28. The maximum atomic E-state index is 3.54. The maximum absolute atomic E-state index is 3.54. The fourth-order valence-electron chi connectivity index (χ4n) is 3.28. The lowest BCUT2D eigenvalue weighted by molar-refractivity contribution is 0.552. The van der Waals surface area contributed by atoms with Crippen LogP contribution >= 0.6 is 0 Å². The second kappa shape index (κ2) is 7.23. The Kier molecular flexibility index (Phi) is 5.06. The molecular formula is C22H28N2. The van der Waals surface area contributed by atoms with Gasteiger partial charge in [-0.15, -0.1) is 0 Å². The first-order valence-electron chi connectivity index (χ1n) is 8.89. The van der Waals surface area contributed by atoms with E-state index in [9.17, 15) is 0 Å². The number of fused-ring (bicyclic) bond motifs is 1. The van der Waals surface area contributed by atoms with Crippen LogP contribution in [0.2, 0.25) is 0 Å². The van der Waals surface area contributed by atoms with Gasteiger partial charge in [0.1, 0.15) is 0 Å².